The number of carbonyl (C=O) groups excluding carboxylic acids is 1. The highest BCUT2D eigenvalue weighted by Crippen LogP contribution is 2.23. The monoisotopic (exact) mass is 393 g/mol. The molecule has 1 amide bonds. The van der Waals surface area contributed by atoms with Crippen molar-refractivity contribution in [3.05, 3.63) is 24.0 Å². The van der Waals surface area contributed by atoms with E-state index in [2.05, 4.69) is 15.5 Å². The summed E-state index contributed by atoms with van der Waals surface area (Å²) in [4.78, 5) is 14.2. The Morgan fingerprint density at radius 3 is 2.72 bits per heavy atom. The predicted molar refractivity (Wildman–Crippen MR) is 103 cm³/mol. The molecule has 0 bridgehead atoms. The van der Waals surface area contributed by atoms with Crippen molar-refractivity contribution < 1.29 is 13.9 Å². The van der Waals surface area contributed by atoms with Crippen LogP contribution in [0.25, 0.3) is 0 Å². The summed E-state index contributed by atoms with van der Waals surface area (Å²) < 4.78 is 19.2. The summed E-state index contributed by atoms with van der Waals surface area (Å²) in [5, 5.41) is 6.13. The molecule has 1 aromatic rings. The molecular weight excluding hydrogens is 368 g/mol. The number of benzene rings is 1. The molecule has 2 N–H and O–H groups in total. The van der Waals surface area contributed by atoms with Crippen LogP contribution in [0.3, 0.4) is 0 Å². The molecule has 0 aromatic heterocycles. The van der Waals surface area contributed by atoms with Crippen LogP contribution in [0.1, 0.15) is 19.3 Å². The van der Waals surface area contributed by atoms with Gasteiger partial charge in [0.15, 0.2) is 0 Å². The van der Waals surface area contributed by atoms with Crippen molar-refractivity contribution in [3.63, 3.8) is 0 Å². The number of nitrogens with one attached hydrogen (secondary N) is 2. The third-order valence-electron chi connectivity index (χ3n) is 4.48. The van der Waals surface area contributed by atoms with Gasteiger partial charge in [-0.1, -0.05) is 0 Å². The first kappa shape index (κ1) is 22.0. The second-order valence-corrected chi connectivity index (χ2v) is 6.24. The van der Waals surface area contributed by atoms with Gasteiger partial charge in [-0.25, -0.2) is 4.39 Å². The van der Waals surface area contributed by atoms with E-state index < -0.39 is 0 Å². The van der Waals surface area contributed by atoms with E-state index in [4.69, 9.17) is 4.74 Å². The molecule has 1 unspecified atom stereocenters. The van der Waals surface area contributed by atoms with Gasteiger partial charge in [0, 0.05) is 30.9 Å². The number of nitrogens with zero attached hydrogens (tertiary/aromatic N) is 1. The fourth-order valence-corrected chi connectivity index (χ4v) is 3.17. The molecule has 3 rings (SSSR count). The molecule has 2 heterocycles. The molecule has 8 heteroatoms. The van der Waals surface area contributed by atoms with Gasteiger partial charge in [-0.15, -0.1) is 24.8 Å². The first-order valence-electron chi connectivity index (χ1n) is 8.34. The van der Waals surface area contributed by atoms with Crippen LogP contribution in [0, 0.1) is 11.7 Å². The normalized spacial score (nSPS) is 19.7. The Hall–Kier alpha value is -1.08. The number of amides is 1. The zero-order valence-electron chi connectivity index (χ0n) is 14.1. The molecule has 0 aliphatic carbocycles. The van der Waals surface area contributed by atoms with Gasteiger partial charge < -0.3 is 20.3 Å². The summed E-state index contributed by atoms with van der Waals surface area (Å²) in [7, 11) is 0. The molecule has 2 aliphatic rings. The smallest absolute Gasteiger partial charge is 0.224 e. The molecule has 5 nitrogen and oxygen atoms in total. The number of halogens is 3. The molecular formula is C17H26Cl2FN3O2. The molecule has 0 radical (unpaired) electrons. The second-order valence-electron chi connectivity index (χ2n) is 6.24. The SMILES string of the molecule is Cl.Cl.O=C(CCC1CCNC1)Nc1cc(F)cc(N2CCOCC2)c1. The molecule has 1 aromatic carbocycles. The average molecular weight is 394 g/mol. The van der Waals surface area contributed by atoms with Crippen LogP contribution >= 0.6 is 24.8 Å². The summed E-state index contributed by atoms with van der Waals surface area (Å²) in [5.41, 5.74) is 1.32. The lowest BCUT2D eigenvalue weighted by atomic mass is 10.0. The maximum Gasteiger partial charge on any atom is 0.224 e. The zero-order chi connectivity index (χ0) is 16.1. The Labute approximate surface area is 160 Å². The van der Waals surface area contributed by atoms with E-state index in [9.17, 15) is 9.18 Å². The summed E-state index contributed by atoms with van der Waals surface area (Å²) in [5.74, 6) is 0.205. The van der Waals surface area contributed by atoms with Gasteiger partial charge in [-0.3, -0.25) is 4.79 Å². The summed E-state index contributed by atoms with van der Waals surface area (Å²) in [6.07, 6.45) is 2.49. The van der Waals surface area contributed by atoms with Crippen molar-refractivity contribution in [3.8, 4) is 0 Å². The number of hydrogen-bond donors (Lipinski definition) is 2. The lowest BCUT2D eigenvalue weighted by Crippen LogP contribution is -2.36. The van der Waals surface area contributed by atoms with Crippen molar-refractivity contribution in [2.45, 2.75) is 19.3 Å². The number of carbonyl (C=O) groups is 1. The molecule has 25 heavy (non-hydrogen) atoms. The molecule has 1 atom stereocenters. The highest BCUT2D eigenvalue weighted by Gasteiger charge is 2.17. The fourth-order valence-electron chi connectivity index (χ4n) is 3.17. The lowest BCUT2D eigenvalue weighted by Gasteiger charge is -2.29. The third-order valence-corrected chi connectivity index (χ3v) is 4.48. The molecule has 2 saturated heterocycles. The van der Waals surface area contributed by atoms with E-state index >= 15 is 0 Å². The Bertz CT molecular complexity index is 551. The highest BCUT2D eigenvalue weighted by atomic mass is 35.5. The largest absolute Gasteiger partial charge is 0.378 e. The maximum atomic E-state index is 13.8. The number of morpholine rings is 1. The van der Waals surface area contributed by atoms with Gasteiger partial charge in [0.05, 0.1) is 13.2 Å². The third kappa shape index (κ3) is 6.62. The molecule has 142 valence electrons. The van der Waals surface area contributed by atoms with Gasteiger partial charge in [-0.2, -0.15) is 0 Å². The number of hydrogen-bond acceptors (Lipinski definition) is 4. The van der Waals surface area contributed by atoms with Crippen LogP contribution in [0.2, 0.25) is 0 Å². The minimum Gasteiger partial charge on any atom is -0.378 e. The Balaban J connectivity index is 0.00000156. The van der Waals surface area contributed by atoms with E-state index in [1.165, 1.54) is 12.1 Å². The number of ether oxygens (including phenoxy) is 1. The predicted octanol–water partition coefficient (Wildman–Crippen LogP) is 2.83. The minimum absolute atomic E-state index is 0. The summed E-state index contributed by atoms with van der Waals surface area (Å²) >= 11 is 0. The van der Waals surface area contributed by atoms with Crippen LogP contribution in [0.5, 0.6) is 0 Å². The van der Waals surface area contributed by atoms with Gasteiger partial charge >= 0.3 is 0 Å². The van der Waals surface area contributed by atoms with Crippen LogP contribution in [0.15, 0.2) is 18.2 Å². The van der Waals surface area contributed by atoms with Crippen LogP contribution < -0.4 is 15.5 Å². The zero-order valence-corrected chi connectivity index (χ0v) is 15.8. The maximum absolute atomic E-state index is 13.8. The van der Waals surface area contributed by atoms with E-state index in [1.54, 1.807) is 0 Å². The standard InChI is InChI=1S/C17H24FN3O2.2ClH/c18-14-9-15(11-16(10-14)21-5-7-23-8-6-21)20-17(22)2-1-13-3-4-19-12-13;;/h9-11,13,19H,1-8,12H2,(H,20,22);2*1H. The Morgan fingerprint density at radius 2 is 2.04 bits per heavy atom. The first-order valence-corrected chi connectivity index (χ1v) is 8.34. The molecule has 2 fully saturated rings. The Kier molecular flexibility index (Phi) is 9.50. The molecule has 0 spiro atoms. The van der Waals surface area contributed by atoms with Crippen molar-refractivity contribution in [1.29, 1.82) is 0 Å². The average Bonchev–Trinajstić information content (AvgIpc) is 3.07. The van der Waals surface area contributed by atoms with E-state index in [0.29, 0.717) is 31.2 Å². The van der Waals surface area contributed by atoms with Gasteiger partial charge in [-0.05, 0) is 50.0 Å². The number of anilines is 2. The second kappa shape index (κ2) is 10.8. The first-order chi connectivity index (χ1) is 11.2. The van der Waals surface area contributed by atoms with Crippen LogP contribution in [-0.2, 0) is 9.53 Å². The number of rotatable bonds is 5. The topological polar surface area (TPSA) is 53.6 Å². The van der Waals surface area contributed by atoms with Gasteiger partial charge in [0.2, 0.25) is 5.91 Å². The van der Waals surface area contributed by atoms with Crippen LogP contribution in [-0.4, -0.2) is 45.3 Å². The minimum atomic E-state index is -0.329. The molecule has 2 aliphatic heterocycles. The van der Waals surface area contributed by atoms with Gasteiger partial charge in [0.25, 0.3) is 0 Å². The van der Waals surface area contributed by atoms with E-state index in [1.807, 2.05) is 6.07 Å². The quantitative estimate of drug-likeness (QED) is 0.807. The van der Waals surface area contributed by atoms with E-state index in [0.717, 1.165) is 44.7 Å². The van der Waals surface area contributed by atoms with Crippen molar-refractivity contribution >= 4 is 42.1 Å². The van der Waals surface area contributed by atoms with Crippen molar-refractivity contribution in [2.75, 3.05) is 49.6 Å². The van der Waals surface area contributed by atoms with Crippen molar-refractivity contribution in [2.24, 2.45) is 5.92 Å². The Morgan fingerprint density at radius 1 is 1.28 bits per heavy atom. The highest BCUT2D eigenvalue weighted by molar-refractivity contribution is 5.91. The van der Waals surface area contributed by atoms with E-state index in [-0.39, 0.29) is 36.5 Å². The summed E-state index contributed by atoms with van der Waals surface area (Å²) in [6, 6.07) is 4.72. The van der Waals surface area contributed by atoms with Gasteiger partial charge in [0.1, 0.15) is 5.82 Å². The molecule has 0 saturated carbocycles. The van der Waals surface area contributed by atoms with Crippen LogP contribution in [0.4, 0.5) is 15.8 Å². The lowest BCUT2D eigenvalue weighted by molar-refractivity contribution is -0.116. The summed E-state index contributed by atoms with van der Waals surface area (Å²) in [6.45, 7) is 4.81. The fraction of sp³-hybridized carbons (Fsp3) is 0.588. The van der Waals surface area contributed by atoms with Crippen molar-refractivity contribution in [1.82, 2.24) is 5.32 Å².